The first-order chi connectivity index (χ1) is 20.7. The maximum Gasteiger partial charge on any atom is 0.409 e. The number of carboxylic acids is 1. The quantitative estimate of drug-likeness (QED) is 0.306. The predicted octanol–water partition coefficient (Wildman–Crippen LogP) is 2.25. The van der Waals surface area contributed by atoms with Crippen molar-refractivity contribution >= 4 is 29.8 Å². The molecule has 3 amide bonds. The summed E-state index contributed by atoms with van der Waals surface area (Å²) in [7, 11) is 0. The van der Waals surface area contributed by atoms with E-state index in [4.69, 9.17) is 14.2 Å². The molecule has 2 heterocycles. The number of esters is 1. The Labute approximate surface area is 249 Å². The van der Waals surface area contributed by atoms with Crippen LogP contribution in [0.25, 0.3) is 5.69 Å². The van der Waals surface area contributed by atoms with Gasteiger partial charge in [-0.25, -0.2) is 14.3 Å². The van der Waals surface area contributed by atoms with E-state index in [0.29, 0.717) is 18.5 Å². The zero-order valence-electron chi connectivity index (χ0n) is 24.7. The number of ether oxygens (including phenoxy) is 3. The minimum Gasteiger partial charge on any atom is -0.481 e. The third-order valence-electron chi connectivity index (χ3n) is 6.64. The number of aliphatic carboxylic acids is 1. The number of rotatable bonds is 14. The van der Waals surface area contributed by atoms with E-state index in [0.717, 1.165) is 0 Å². The summed E-state index contributed by atoms with van der Waals surface area (Å²) in [5.41, 5.74) is 0.465. The van der Waals surface area contributed by atoms with Crippen molar-refractivity contribution in [3.63, 3.8) is 0 Å². The van der Waals surface area contributed by atoms with E-state index in [2.05, 4.69) is 10.4 Å². The zero-order valence-corrected chi connectivity index (χ0v) is 24.7. The van der Waals surface area contributed by atoms with Gasteiger partial charge in [0.2, 0.25) is 11.8 Å². The van der Waals surface area contributed by atoms with Gasteiger partial charge in [-0.15, -0.1) is 0 Å². The van der Waals surface area contributed by atoms with Gasteiger partial charge in [0.05, 0.1) is 18.9 Å². The molecule has 1 saturated heterocycles. The Hall–Kier alpha value is -4.62. The standard InChI is InChI=1S/C29H39N5O9/c1-4-10-23(28(39)41-5-2)43-24-19-22(31-34(24)20-11-8-7-9-12-20)26(37)30-21(13-14-25(35)36)27(38)32-15-17-33(18-16-32)29(40)42-6-3/h7-9,11-12,19,21,23H,4-6,10,13-18H2,1-3H3,(H,30,37)(H,35,36). The van der Waals surface area contributed by atoms with Crippen LogP contribution in [0.1, 0.15) is 56.9 Å². The summed E-state index contributed by atoms with van der Waals surface area (Å²) in [6, 6.07) is 9.06. The maximum atomic E-state index is 13.4. The Morgan fingerprint density at radius 2 is 1.58 bits per heavy atom. The van der Waals surface area contributed by atoms with Crippen LogP contribution in [0, 0.1) is 0 Å². The van der Waals surface area contributed by atoms with Crippen molar-refractivity contribution in [2.45, 2.75) is 58.6 Å². The molecule has 2 unspecified atom stereocenters. The molecule has 1 fully saturated rings. The molecule has 0 aliphatic carbocycles. The lowest BCUT2D eigenvalue weighted by atomic mass is 10.1. The Kier molecular flexibility index (Phi) is 12.3. The normalized spacial score (nSPS) is 14.4. The van der Waals surface area contributed by atoms with Gasteiger partial charge in [0.25, 0.3) is 5.91 Å². The lowest BCUT2D eigenvalue weighted by Gasteiger charge is -2.35. The zero-order chi connectivity index (χ0) is 31.4. The summed E-state index contributed by atoms with van der Waals surface area (Å²) in [5.74, 6) is -2.74. The van der Waals surface area contributed by atoms with E-state index in [1.54, 1.807) is 38.1 Å². The number of amides is 3. The molecular weight excluding hydrogens is 562 g/mol. The number of nitrogens with one attached hydrogen (secondary N) is 1. The average Bonchev–Trinajstić information content (AvgIpc) is 3.43. The van der Waals surface area contributed by atoms with Crippen LogP contribution in [-0.4, -0.2) is 106 Å². The topological polar surface area (TPSA) is 170 Å². The van der Waals surface area contributed by atoms with Crippen LogP contribution in [-0.2, 0) is 23.9 Å². The predicted molar refractivity (Wildman–Crippen MR) is 153 cm³/mol. The van der Waals surface area contributed by atoms with Gasteiger partial charge < -0.3 is 34.4 Å². The SMILES string of the molecule is CCCC(Oc1cc(C(=O)NC(CCC(=O)O)C(=O)N2CCN(C(=O)OCC)CC2)nn1-c1ccccc1)C(=O)OCC. The highest BCUT2D eigenvalue weighted by molar-refractivity contribution is 5.96. The van der Waals surface area contributed by atoms with Crippen molar-refractivity contribution in [3.8, 4) is 11.6 Å². The van der Waals surface area contributed by atoms with Crippen molar-refractivity contribution in [1.82, 2.24) is 24.9 Å². The lowest BCUT2D eigenvalue weighted by molar-refractivity contribution is -0.152. The fraction of sp³-hybridized carbons (Fsp3) is 0.517. The number of aromatic nitrogens is 2. The molecule has 14 nitrogen and oxygen atoms in total. The van der Waals surface area contributed by atoms with E-state index in [1.807, 2.05) is 13.0 Å². The molecule has 2 N–H and O–H groups in total. The highest BCUT2D eigenvalue weighted by Gasteiger charge is 2.32. The van der Waals surface area contributed by atoms with Gasteiger partial charge in [-0.05, 0) is 38.8 Å². The van der Waals surface area contributed by atoms with Crippen molar-refractivity contribution in [3.05, 3.63) is 42.1 Å². The van der Waals surface area contributed by atoms with Crippen molar-refractivity contribution in [2.24, 2.45) is 0 Å². The minimum absolute atomic E-state index is 0.0989. The second-order valence-corrected chi connectivity index (χ2v) is 9.73. The van der Waals surface area contributed by atoms with Crippen LogP contribution in [0.5, 0.6) is 5.88 Å². The first-order valence-electron chi connectivity index (χ1n) is 14.4. The molecule has 2 aromatic rings. The lowest BCUT2D eigenvalue weighted by Crippen LogP contribution is -2.56. The number of benzene rings is 1. The first-order valence-corrected chi connectivity index (χ1v) is 14.4. The molecule has 1 aliphatic rings. The van der Waals surface area contributed by atoms with Crippen molar-refractivity contribution in [1.29, 1.82) is 0 Å². The monoisotopic (exact) mass is 601 g/mol. The van der Waals surface area contributed by atoms with Crippen LogP contribution in [0.2, 0.25) is 0 Å². The highest BCUT2D eigenvalue weighted by Crippen LogP contribution is 2.23. The maximum absolute atomic E-state index is 13.4. The molecule has 2 atom stereocenters. The Bertz CT molecular complexity index is 1260. The number of para-hydroxylation sites is 1. The number of carbonyl (C=O) groups is 5. The molecule has 0 radical (unpaired) electrons. The molecule has 0 saturated carbocycles. The van der Waals surface area contributed by atoms with Gasteiger partial charge in [-0.2, -0.15) is 5.10 Å². The second kappa shape index (κ2) is 16.1. The number of hydrogen-bond acceptors (Lipinski definition) is 9. The fourth-order valence-electron chi connectivity index (χ4n) is 4.48. The molecule has 14 heteroatoms. The Morgan fingerprint density at radius 3 is 2.19 bits per heavy atom. The summed E-state index contributed by atoms with van der Waals surface area (Å²) in [6.45, 7) is 6.59. The van der Waals surface area contributed by atoms with E-state index >= 15 is 0 Å². The van der Waals surface area contributed by atoms with Gasteiger partial charge >= 0.3 is 18.0 Å². The largest absolute Gasteiger partial charge is 0.481 e. The van der Waals surface area contributed by atoms with Gasteiger partial charge in [-0.3, -0.25) is 14.4 Å². The van der Waals surface area contributed by atoms with Crippen molar-refractivity contribution < 1.29 is 43.3 Å². The summed E-state index contributed by atoms with van der Waals surface area (Å²) in [4.78, 5) is 65.7. The van der Waals surface area contributed by atoms with E-state index in [1.165, 1.54) is 20.5 Å². The summed E-state index contributed by atoms with van der Waals surface area (Å²) in [6.07, 6.45) is -0.903. The first kappa shape index (κ1) is 32.9. The van der Waals surface area contributed by atoms with E-state index in [-0.39, 0.29) is 63.8 Å². The molecule has 1 aromatic carbocycles. The molecule has 1 aliphatic heterocycles. The number of piperazine rings is 1. The van der Waals surface area contributed by atoms with E-state index in [9.17, 15) is 29.1 Å². The minimum atomic E-state index is -1.16. The van der Waals surface area contributed by atoms with Crippen LogP contribution >= 0.6 is 0 Å². The van der Waals surface area contributed by atoms with E-state index < -0.39 is 42.0 Å². The van der Waals surface area contributed by atoms with Gasteiger partial charge in [0.15, 0.2) is 11.8 Å². The molecule has 1 aromatic heterocycles. The molecular formula is C29H39N5O9. The van der Waals surface area contributed by atoms with Crippen LogP contribution < -0.4 is 10.1 Å². The molecule has 0 bridgehead atoms. The molecule has 3 rings (SSSR count). The van der Waals surface area contributed by atoms with Crippen molar-refractivity contribution in [2.75, 3.05) is 39.4 Å². The summed E-state index contributed by atoms with van der Waals surface area (Å²) < 4.78 is 17.5. The Morgan fingerprint density at radius 1 is 0.930 bits per heavy atom. The van der Waals surface area contributed by atoms with Gasteiger partial charge in [0, 0.05) is 38.7 Å². The number of hydrogen-bond donors (Lipinski definition) is 2. The number of carbonyl (C=O) groups excluding carboxylic acids is 4. The smallest absolute Gasteiger partial charge is 0.409 e. The number of carboxylic acid groups (broad SMARTS) is 1. The third-order valence-corrected chi connectivity index (χ3v) is 6.64. The third kappa shape index (κ3) is 9.18. The second-order valence-electron chi connectivity index (χ2n) is 9.73. The molecule has 0 spiro atoms. The fourth-order valence-corrected chi connectivity index (χ4v) is 4.48. The van der Waals surface area contributed by atoms with Crippen LogP contribution in [0.15, 0.2) is 36.4 Å². The number of nitrogens with zero attached hydrogens (tertiary/aromatic N) is 4. The van der Waals surface area contributed by atoms with Crippen LogP contribution in [0.4, 0.5) is 4.79 Å². The van der Waals surface area contributed by atoms with Crippen LogP contribution in [0.3, 0.4) is 0 Å². The average molecular weight is 602 g/mol. The Balaban J connectivity index is 1.83. The summed E-state index contributed by atoms with van der Waals surface area (Å²) >= 11 is 0. The van der Waals surface area contributed by atoms with Gasteiger partial charge in [0.1, 0.15) is 6.04 Å². The van der Waals surface area contributed by atoms with Gasteiger partial charge in [-0.1, -0.05) is 31.5 Å². The summed E-state index contributed by atoms with van der Waals surface area (Å²) in [5, 5.41) is 16.3. The highest BCUT2D eigenvalue weighted by atomic mass is 16.6. The molecule has 234 valence electrons. The molecule has 43 heavy (non-hydrogen) atoms.